The van der Waals surface area contributed by atoms with Crippen LogP contribution in [0.1, 0.15) is 24.8 Å². The van der Waals surface area contributed by atoms with Crippen molar-refractivity contribution in [1.29, 1.82) is 0 Å². The van der Waals surface area contributed by atoms with Gasteiger partial charge in [0.25, 0.3) is 0 Å². The molecule has 2 heteroatoms. The van der Waals surface area contributed by atoms with Crippen LogP contribution in [0, 0.1) is 0 Å². The third kappa shape index (κ3) is 1.30. The highest BCUT2D eigenvalue weighted by molar-refractivity contribution is 5.85. The molecule has 0 amide bonds. The zero-order chi connectivity index (χ0) is 11.2. The Morgan fingerprint density at radius 1 is 1.31 bits per heavy atom. The van der Waals surface area contributed by atoms with Crippen LogP contribution in [0.25, 0.3) is 10.9 Å². The predicted octanol–water partition coefficient (Wildman–Crippen LogP) is 2.56. The highest BCUT2D eigenvalue weighted by atomic mass is 14.9. The van der Waals surface area contributed by atoms with Crippen LogP contribution < -0.4 is 5.73 Å². The van der Waals surface area contributed by atoms with Gasteiger partial charge in [-0.15, -0.1) is 0 Å². The van der Waals surface area contributed by atoms with E-state index in [0.29, 0.717) is 5.41 Å². The summed E-state index contributed by atoms with van der Waals surface area (Å²) < 4.78 is 2.19. The molecule has 0 bridgehead atoms. The van der Waals surface area contributed by atoms with Crippen LogP contribution >= 0.6 is 0 Å². The van der Waals surface area contributed by atoms with Crippen molar-refractivity contribution in [3.63, 3.8) is 0 Å². The normalized spacial score (nSPS) is 17.9. The molecule has 0 unspecified atom stereocenters. The van der Waals surface area contributed by atoms with E-state index in [4.69, 9.17) is 5.73 Å². The van der Waals surface area contributed by atoms with Crippen LogP contribution in [-0.4, -0.2) is 11.1 Å². The van der Waals surface area contributed by atoms with Gasteiger partial charge < -0.3 is 10.3 Å². The van der Waals surface area contributed by atoms with E-state index in [1.807, 2.05) is 0 Å². The number of fused-ring (bicyclic) bond motifs is 1. The van der Waals surface area contributed by atoms with Crippen molar-refractivity contribution in [3.05, 3.63) is 36.0 Å². The third-order valence-corrected chi connectivity index (χ3v) is 3.98. The fourth-order valence-electron chi connectivity index (χ4n) is 2.85. The van der Waals surface area contributed by atoms with Gasteiger partial charge in [0.15, 0.2) is 0 Å². The summed E-state index contributed by atoms with van der Waals surface area (Å²) in [5, 5.41) is 1.41. The monoisotopic (exact) mass is 214 g/mol. The minimum atomic E-state index is 0.398. The summed E-state index contributed by atoms with van der Waals surface area (Å²) in [6.45, 7) is 0.795. The van der Waals surface area contributed by atoms with E-state index in [1.54, 1.807) is 0 Å². The van der Waals surface area contributed by atoms with Crippen LogP contribution in [0.15, 0.2) is 30.5 Å². The molecule has 2 N–H and O–H groups in total. The molecule has 0 atom stereocenters. The Morgan fingerprint density at radius 2 is 2.12 bits per heavy atom. The number of benzene rings is 1. The molecule has 0 saturated heterocycles. The molecular weight excluding hydrogens is 196 g/mol. The lowest BCUT2D eigenvalue weighted by Gasteiger charge is -2.15. The third-order valence-electron chi connectivity index (χ3n) is 3.98. The van der Waals surface area contributed by atoms with Crippen molar-refractivity contribution in [1.82, 2.24) is 4.57 Å². The summed E-state index contributed by atoms with van der Waals surface area (Å²) in [5.74, 6) is 0. The average molecular weight is 214 g/mol. The van der Waals surface area contributed by atoms with Crippen LogP contribution in [0.4, 0.5) is 0 Å². The quantitative estimate of drug-likeness (QED) is 0.836. The molecule has 1 heterocycles. The van der Waals surface area contributed by atoms with Crippen molar-refractivity contribution in [2.24, 2.45) is 12.8 Å². The molecule has 1 fully saturated rings. The molecule has 1 aromatic heterocycles. The molecule has 3 rings (SSSR count). The molecule has 84 valence electrons. The summed E-state index contributed by atoms with van der Waals surface area (Å²) in [7, 11) is 2.11. The molecule has 16 heavy (non-hydrogen) atoms. The van der Waals surface area contributed by atoms with Crippen molar-refractivity contribution >= 4 is 10.9 Å². The first-order valence-electron chi connectivity index (χ1n) is 6.01. The van der Waals surface area contributed by atoms with Gasteiger partial charge in [-0.05, 0) is 48.9 Å². The van der Waals surface area contributed by atoms with E-state index in [2.05, 4.69) is 42.1 Å². The molecule has 2 aromatic rings. The zero-order valence-corrected chi connectivity index (χ0v) is 9.74. The van der Waals surface area contributed by atoms with Crippen molar-refractivity contribution in [3.8, 4) is 0 Å². The number of aryl methyl sites for hydroxylation is 1. The summed E-state index contributed by atoms with van der Waals surface area (Å²) in [6.07, 6.45) is 5.88. The molecule has 1 aliphatic carbocycles. The second-order valence-electron chi connectivity index (χ2n) is 4.98. The molecule has 0 aliphatic heterocycles. The van der Waals surface area contributed by atoms with E-state index in [0.717, 1.165) is 13.0 Å². The Kier molecular flexibility index (Phi) is 2.08. The maximum absolute atomic E-state index is 5.74. The van der Waals surface area contributed by atoms with Gasteiger partial charge >= 0.3 is 0 Å². The Bertz CT molecular complexity index is 521. The van der Waals surface area contributed by atoms with Crippen molar-refractivity contribution in [2.45, 2.75) is 24.7 Å². The Balaban J connectivity index is 2.17. The molecule has 1 saturated carbocycles. The van der Waals surface area contributed by atoms with E-state index < -0.39 is 0 Å². The number of hydrogen-bond acceptors (Lipinski definition) is 1. The number of nitrogens with zero attached hydrogens (tertiary/aromatic N) is 1. The Morgan fingerprint density at radius 3 is 2.81 bits per heavy atom. The standard InChI is InChI=1S/C14H18N2/c1-16-10-5-11-12(3-2-4-13(11)16)14(6-7-14)8-9-15/h2-5,10H,6-9,15H2,1H3. The molecule has 2 nitrogen and oxygen atoms in total. The van der Waals surface area contributed by atoms with E-state index >= 15 is 0 Å². The topological polar surface area (TPSA) is 30.9 Å². The number of aromatic nitrogens is 1. The smallest absolute Gasteiger partial charge is 0.0480 e. The number of nitrogens with two attached hydrogens (primary N) is 1. The largest absolute Gasteiger partial charge is 0.351 e. The first-order valence-corrected chi connectivity index (χ1v) is 6.01. The van der Waals surface area contributed by atoms with Crippen LogP contribution in [0.5, 0.6) is 0 Å². The van der Waals surface area contributed by atoms with Crippen LogP contribution in [-0.2, 0) is 12.5 Å². The fraction of sp³-hybridized carbons (Fsp3) is 0.429. The number of rotatable bonds is 3. The Labute approximate surface area is 96.1 Å². The van der Waals surface area contributed by atoms with E-state index in [9.17, 15) is 0 Å². The molecule has 0 spiro atoms. The van der Waals surface area contributed by atoms with Crippen molar-refractivity contribution < 1.29 is 0 Å². The van der Waals surface area contributed by atoms with Gasteiger partial charge in [0, 0.05) is 24.1 Å². The molecular formula is C14H18N2. The SMILES string of the molecule is Cn1ccc2c(C3(CCN)CC3)cccc21. The van der Waals surface area contributed by atoms with Gasteiger partial charge in [0.1, 0.15) is 0 Å². The van der Waals surface area contributed by atoms with E-state index in [-0.39, 0.29) is 0 Å². The van der Waals surface area contributed by atoms with Gasteiger partial charge in [0.2, 0.25) is 0 Å². The van der Waals surface area contributed by atoms with Gasteiger partial charge in [-0.1, -0.05) is 12.1 Å². The van der Waals surface area contributed by atoms with Crippen LogP contribution in [0.2, 0.25) is 0 Å². The minimum Gasteiger partial charge on any atom is -0.351 e. The maximum atomic E-state index is 5.74. The predicted molar refractivity (Wildman–Crippen MR) is 67.5 cm³/mol. The summed E-state index contributed by atoms with van der Waals surface area (Å²) in [5.41, 5.74) is 8.98. The second-order valence-corrected chi connectivity index (χ2v) is 4.98. The zero-order valence-electron chi connectivity index (χ0n) is 9.74. The molecule has 1 aromatic carbocycles. The first kappa shape index (κ1) is 9.91. The lowest BCUT2D eigenvalue weighted by Crippen LogP contribution is -2.13. The summed E-state index contributed by atoms with van der Waals surface area (Å²) in [4.78, 5) is 0. The average Bonchev–Trinajstić information content (AvgIpc) is 2.98. The summed E-state index contributed by atoms with van der Waals surface area (Å²) >= 11 is 0. The van der Waals surface area contributed by atoms with Gasteiger partial charge in [-0.3, -0.25) is 0 Å². The highest BCUT2D eigenvalue weighted by Gasteiger charge is 2.44. The fourth-order valence-corrected chi connectivity index (χ4v) is 2.85. The maximum Gasteiger partial charge on any atom is 0.0480 e. The first-order chi connectivity index (χ1) is 7.77. The van der Waals surface area contributed by atoms with Gasteiger partial charge in [0.05, 0.1) is 0 Å². The van der Waals surface area contributed by atoms with Crippen LogP contribution in [0.3, 0.4) is 0 Å². The van der Waals surface area contributed by atoms with Crippen molar-refractivity contribution in [2.75, 3.05) is 6.54 Å². The van der Waals surface area contributed by atoms with E-state index in [1.165, 1.54) is 29.3 Å². The lowest BCUT2D eigenvalue weighted by atomic mass is 9.90. The lowest BCUT2D eigenvalue weighted by molar-refractivity contribution is 0.634. The number of hydrogen-bond donors (Lipinski definition) is 1. The van der Waals surface area contributed by atoms with Gasteiger partial charge in [-0.2, -0.15) is 0 Å². The minimum absolute atomic E-state index is 0.398. The Hall–Kier alpha value is -1.28. The summed E-state index contributed by atoms with van der Waals surface area (Å²) in [6, 6.07) is 8.89. The van der Waals surface area contributed by atoms with Gasteiger partial charge in [-0.25, -0.2) is 0 Å². The molecule has 1 aliphatic rings. The highest BCUT2D eigenvalue weighted by Crippen LogP contribution is 2.52. The molecule has 0 radical (unpaired) electrons. The second kappa shape index (κ2) is 3.36.